The van der Waals surface area contributed by atoms with E-state index in [0.717, 1.165) is 12.5 Å². The van der Waals surface area contributed by atoms with Crippen molar-refractivity contribution < 1.29 is 17.0 Å². The Morgan fingerprint density at radius 3 is 2.09 bits per heavy atom. The van der Waals surface area contributed by atoms with Crippen LogP contribution in [0.15, 0.2) is 30.6 Å². The van der Waals surface area contributed by atoms with Crippen LogP contribution in [-0.4, -0.2) is 0 Å². The lowest BCUT2D eigenvalue weighted by Gasteiger charge is -1.97. The van der Waals surface area contributed by atoms with E-state index in [9.17, 15) is 0 Å². The van der Waals surface area contributed by atoms with Gasteiger partial charge in [-0.25, -0.2) is 4.57 Å². The molecule has 0 aromatic carbocycles. The first-order chi connectivity index (χ1) is 4.79. The Balaban J connectivity index is 0.000001000. The zero-order valence-corrected chi connectivity index (χ0v) is 7.75. The third-order valence-electron chi connectivity index (χ3n) is 1.35. The van der Waals surface area contributed by atoms with Gasteiger partial charge in [0.2, 0.25) is 0 Å². The standard InChI is InChI=1S/C9H14N.ClH/c1-9(2)8-10-6-4-3-5-7-10;/h3-7,9H,8H2,1-2H3;1H/q+1;/p-1. The van der Waals surface area contributed by atoms with Crippen LogP contribution in [0.25, 0.3) is 0 Å². The third kappa shape index (κ3) is 3.99. The zero-order chi connectivity index (χ0) is 7.40. The highest BCUT2D eigenvalue weighted by molar-refractivity contribution is 4.83. The lowest BCUT2D eigenvalue weighted by atomic mass is 10.2. The van der Waals surface area contributed by atoms with E-state index in [2.05, 4.69) is 42.9 Å². The summed E-state index contributed by atoms with van der Waals surface area (Å²) in [5.74, 6) is 0.729. The summed E-state index contributed by atoms with van der Waals surface area (Å²) in [4.78, 5) is 0. The number of nitrogens with zero attached hydrogens (tertiary/aromatic N) is 1. The molecule has 0 atom stereocenters. The van der Waals surface area contributed by atoms with Crippen molar-refractivity contribution in [2.24, 2.45) is 5.92 Å². The summed E-state index contributed by atoms with van der Waals surface area (Å²) in [5.41, 5.74) is 0. The second kappa shape index (κ2) is 5.14. The quantitative estimate of drug-likeness (QED) is 0.484. The Labute approximate surface area is 74.5 Å². The predicted octanol–water partition coefficient (Wildman–Crippen LogP) is -1.37. The number of hydrogen-bond acceptors (Lipinski definition) is 0. The van der Waals surface area contributed by atoms with Crippen LogP contribution in [0.5, 0.6) is 0 Å². The van der Waals surface area contributed by atoms with Gasteiger partial charge in [-0.1, -0.05) is 19.9 Å². The Bertz CT molecular complexity index is 184. The molecule has 0 spiro atoms. The Morgan fingerprint density at radius 2 is 1.64 bits per heavy atom. The summed E-state index contributed by atoms with van der Waals surface area (Å²) >= 11 is 0. The van der Waals surface area contributed by atoms with Crippen LogP contribution in [0.2, 0.25) is 0 Å². The van der Waals surface area contributed by atoms with Gasteiger partial charge in [-0.05, 0) is 0 Å². The van der Waals surface area contributed by atoms with E-state index in [1.54, 1.807) is 0 Å². The molecule has 1 aromatic rings. The van der Waals surface area contributed by atoms with Crippen molar-refractivity contribution >= 4 is 0 Å². The van der Waals surface area contributed by atoms with Gasteiger partial charge in [0, 0.05) is 18.1 Å². The summed E-state index contributed by atoms with van der Waals surface area (Å²) < 4.78 is 2.20. The van der Waals surface area contributed by atoms with Crippen molar-refractivity contribution in [3.63, 3.8) is 0 Å². The molecular formula is C9H14ClN. The van der Waals surface area contributed by atoms with E-state index in [1.807, 2.05) is 6.07 Å². The highest BCUT2D eigenvalue weighted by Crippen LogP contribution is 1.89. The Kier molecular flexibility index (Phi) is 4.88. The van der Waals surface area contributed by atoms with Crippen molar-refractivity contribution in [3.8, 4) is 0 Å². The van der Waals surface area contributed by atoms with Gasteiger partial charge in [0.25, 0.3) is 0 Å². The zero-order valence-electron chi connectivity index (χ0n) is 7.00. The fraction of sp³-hybridized carbons (Fsp3) is 0.444. The molecule has 0 aliphatic rings. The first kappa shape index (κ1) is 10.4. The summed E-state index contributed by atoms with van der Waals surface area (Å²) in [5, 5.41) is 0. The van der Waals surface area contributed by atoms with Crippen molar-refractivity contribution in [2.75, 3.05) is 0 Å². The maximum absolute atomic E-state index is 2.22. The number of hydrogen-bond donors (Lipinski definition) is 0. The molecule has 1 heterocycles. The maximum Gasteiger partial charge on any atom is 0.168 e. The van der Waals surface area contributed by atoms with E-state index in [1.165, 1.54) is 0 Å². The third-order valence-corrected chi connectivity index (χ3v) is 1.35. The monoisotopic (exact) mass is 171 g/mol. The fourth-order valence-electron chi connectivity index (χ4n) is 0.978. The van der Waals surface area contributed by atoms with Gasteiger partial charge in [-0.15, -0.1) is 0 Å². The lowest BCUT2D eigenvalue weighted by Crippen LogP contribution is -3.00. The highest BCUT2D eigenvalue weighted by atomic mass is 35.5. The maximum atomic E-state index is 2.22. The van der Waals surface area contributed by atoms with Gasteiger partial charge in [0.1, 0.15) is 0 Å². The number of aromatic nitrogens is 1. The van der Waals surface area contributed by atoms with Crippen LogP contribution < -0.4 is 17.0 Å². The summed E-state index contributed by atoms with van der Waals surface area (Å²) in [6.45, 7) is 5.56. The molecule has 1 aromatic heterocycles. The molecule has 11 heavy (non-hydrogen) atoms. The number of halogens is 1. The smallest absolute Gasteiger partial charge is 0.168 e. The molecule has 0 aliphatic heterocycles. The average Bonchev–Trinajstić information content (AvgIpc) is 1.88. The predicted molar refractivity (Wildman–Crippen MR) is 41.5 cm³/mol. The van der Waals surface area contributed by atoms with Gasteiger partial charge >= 0.3 is 0 Å². The van der Waals surface area contributed by atoms with Crippen LogP contribution >= 0.6 is 0 Å². The molecule has 0 N–H and O–H groups in total. The van der Waals surface area contributed by atoms with E-state index in [4.69, 9.17) is 0 Å². The molecule has 1 nitrogen and oxygen atoms in total. The van der Waals surface area contributed by atoms with Crippen LogP contribution in [0.1, 0.15) is 13.8 Å². The fourth-order valence-corrected chi connectivity index (χ4v) is 0.978. The summed E-state index contributed by atoms with van der Waals surface area (Å²) in [6, 6.07) is 6.15. The highest BCUT2D eigenvalue weighted by Gasteiger charge is 2.00. The van der Waals surface area contributed by atoms with Crippen LogP contribution in [0.4, 0.5) is 0 Å². The molecule has 0 amide bonds. The molecule has 0 radical (unpaired) electrons. The lowest BCUT2D eigenvalue weighted by molar-refractivity contribution is -0.702. The molecule has 2 heteroatoms. The van der Waals surface area contributed by atoms with Crippen LogP contribution in [0.3, 0.4) is 0 Å². The number of pyridine rings is 1. The molecule has 0 fully saturated rings. The van der Waals surface area contributed by atoms with Gasteiger partial charge in [0.05, 0.1) is 0 Å². The minimum atomic E-state index is 0. The minimum Gasteiger partial charge on any atom is -1.00 e. The van der Waals surface area contributed by atoms with Gasteiger partial charge in [-0.3, -0.25) is 0 Å². The van der Waals surface area contributed by atoms with Crippen molar-refractivity contribution in [1.29, 1.82) is 0 Å². The normalized spacial score (nSPS) is 9.36. The molecular weight excluding hydrogens is 158 g/mol. The van der Waals surface area contributed by atoms with Crippen molar-refractivity contribution in [2.45, 2.75) is 20.4 Å². The second-order valence-corrected chi connectivity index (χ2v) is 2.97. The van der Waals surface area contributed by atoms with E-state index in [-0.39, 0.29) is 12.4 Å². The molecule has 1 rings (SSSR count). The van der Waals surface area contributed by atoms with Crippen molar-refractivity contribution in [3.05, 3.63) is 30.6 Å². The first-order valence-electron chi connectivity index (χ1n) is 3.73. The molecule has 0 saturated heterocycles. The Morgan fingerprint density at radius 1 is 1.09 bits per heavy atom. The van der Waals surface area contributed by atoms with Gasteiger partial charge < -0.3 is 12.4 Å². The molecule has 0 bridgehead atoms. The first-order valence-corrected chi connectivity index (χ1v) is 3.73. The molecule has 62 valence electrons. The molecule has 0 unspecified atom stereocenters. The summed E-state index contributed by atoms with van der Waals surface area (Å²) in [6.07, 6.45) is 4.19. The van der Waals surface area contributed by atoms with E-state index in [0.29, 0.717) is 0 Å². The topological polar surface area (TPSA) is 3.88 Å². The SMILES string of the molecule is CC(C)C[n+]1ccccc1.[Cl-]. The summed E-state index contributed by atoms with van der Waals surface area (Å²) in [7, 11) is 0. The van der Waals surface area contributed by atoms with Gasteiger partial charge in [0.15, 0.2) is 18.9 Å². The van der Waals surface area contributed by atoms with Crippen molar-refractivity contribution in [1.82, 2.24) is 0 Å². The van der Waals surface area contributed by atoms with E-state index < -0.39 is 0 Å². The molecule has 0 saturated carbocycles. The van der Waals surface area contributed by atoms with Crippen LogP contribution in [0, 0.1) is 5.92 Å². The van der Waals surface area contributed by atoms with E-state index >= 15 is 0 Å². The largest absolute Gasteiger partial charge is 1.00 e. The minimum absolute atomic E-state index is 0. The van der Waals surface area contributed by atoms with Crippen LogP contribution in [-0.2, 0) is 6.54 Å². The van der Waals surface area contributed by atoms with Gasteiger partial charge in [-0.2, -0.15) is 0 Å². The molecule has 0 aliphatic carbocycles. The number of rotatable bonds is 2. The average molecular weight is 172 g/mol. The Hall–Kier alpha value is -0.560. The second-order valence-electron chi connectivity index (χ2n) is 2.97.